The van der Waals surface area contributed by atoms with Gasteiger partial charge in [0.25, 0.3) is 0 Å². The number of methoxy groups -OCH3 is 1. The number of carbonyl (C=O) groups is 3. The molecule has 0 saturated heterocycles. The molecule has 1 aliphatic rings. The summed E-state index contributed by atoms with van der Waals surface area (Å²) in [5.74, 6) is -0.987. The van der Waals surface area contributed by atoms with Crippen molar-refractivity contribution < 1.29 is 38.1 Å². The van der Waals surface area contributed by atoms with Crippen molar-refractivity contribution >= 4 is 17.5 Å². The highest BCUT2D eigenvalue weighted by molar-refractivity contribution is 6.08. The standard InChI is InChI=1S/C18H30O8/c1-22-9-10-24-13-14-25-12-11-23-7-2-3-18(21)26-8-6-15-16(19)4-5-17(15)20/h15H,2-14H2,1H3. The van der Waals surface area contributed by atoms with E-state index in [2.05, 4.69) is 0 Å². The Balaban J connectivity index is 1.83. The Morgan fingerprint density at radius 3 is 1.96 bits per heavy atom. The van der Waals surface area contributed by atoms with Crippen molar-refractivity contribution in [3.63, 3.8) is 0 Å². The number of carbonyl (C=O) groups excluding carboxylic acids is 3. The van der Waals surface area contributed by atoms with Crippen molar-refractivity contribution in [3.8, 4) is 0 Å². The smallest absolute Gasteiger partial charge is 0.305 e. The topological polar surface area (TPSA) is 97.4 Å². The van der Waals surface area contributed by atoms with Gasteiger partial charge in [-0.05, 0) is 12.8 Å². The van der Waals surface area contributed by atoms with E-state index in [1.54, 1.807) is 7.11 Å². The first-order chi connectivity index (χ1) is 12.6. The molecule has 1 aliphatic carbocycles. The van der Waals surface area contributed by atoms with Crippen molar-refractivity contribution in [2.45, 2.75) is 32.1 Å². The monoisotopic (exact) mass is 374 g/mol. The van der Waals surface area contributed by atoms with E-state index in [4.69, 9.17) is 23.7 Å². The molecule has 0 N–H and O–H groups in total. The number of esters is 1. The first-order valence-electron chi connectivity index (χ1n) is 9.08. The zero-order chi connectivity index (χ0) is 19.0. The van der Waals surface area contributed by atoms with Gasteiger partial charge in [0.1, 0.15) is 11.6 Å². The summed E-state index contributed by atoms with van der Waals surface area (Å²) in [6, 6.07) is 0. The molecule has 0 atom stereocenters. The minimum atomic E-state index is -0.573. The quantitative estimate of drug-likeness (QED) is 0.224. The average molecular weight is 374 g/mol. The molecule has 26 heavy (non-hydrogen) atoms. The van der Waals surface area contributed by atoms with Gasteiger partial charge in [-0.2, -0.15) is 0 Å². The van der Waals surface area contributed by atoms with Gasteiger partial charge in [-0.25, -0.2) is 0 Å². The number of ketones is 2. The van der Waals surface area contributed by atoms with E-state index >= 15 is 0 Å². The summed E-state index contributed by atoms with van der Waals surface area (Å²) in [5, 5.41) is 0. The van der Waals surface area contributed by atoms with Gasteiger partial charge in [-0.15, -0.1) is 0 Å². The van der Waals surface area contributed by atoms with E-state index in [1.807, 2.05) is 0 Å². The fourth-order valence-electron chi connectivity index (χ4n) is 2.46. The van der Waals surface area contributed by atoms with Crippen LogP contribution in [0.15, 0.2) is 0 Å². The maximum absolute atomic E-state index is 11.6. The van der Waals surface area contributed by atoms with Crippen LogP contribution in [0.4, 0.5) is 0 Å². The summed E-state index contributed by atoms with van der Waals surface area (Å²) in [5.41, 5.74) is 0. The molecule has 0 aliphatic heterocycles. The van der Waals surface area contributed by atoms with Crippen LogP contribution in [-0.4, -0.2) is 77.5 Å². The molecule has 0 unspecified atom stereocenters. The van der Waals surface area contributed by atoms with E-state index < -0.39 is 5.92 Å². The number of Topliss-reactive ketones (excluding diaryl/α,β-unsaturated/α-hetero) is 2. The van der Waals surface area contributed by atoms with Crippen molar-refractivity contribution in [2.24, 2.45) is 5.92 Å². The summed E-state index contributed by atoms with van der Waals surface area (Å²) in [6.07, 6.45) is 1.74. The van der Waals surface area contributed by atoms with Gasteiger partial charge >= 0.3 is 5.97 Å². The lowest BCUT2D eigenvalue weighted by atomic mass is 10.0. The molecule has 8 nitrogen and oxygen atoms in total. The zero-order valence-corrected chi connectivity index (χ0v) is 15.5. The predicted octanol–water partition coefficient (Wildman–Crippen LogP) is 0.944. The fraction of sp³-hybridized carbons (Fsp3) is 0.833. The molecule has 0 aromatic rings. The third-order valence-corrected chi connectivity index (χ3v) is 3.91. The molecule has 1 saturated carbocycles. The lowest BCUT2D eigenvalue weighted by Crippen LogP contribution is -2.18. The van der Waals surface area contributed by atoms with Crippen LogP contribution < -0.4 is 0 Å². The van der Waals surface area contributed by atoms with E-state index in [0.29, 0.717) is 71.9 Å². The van der Waals surface area contributed by atoms with Gasteiger partial charge in [-0.3, -0.25) is 14.4 Å². The van der Waals surface area contributed by atoms with Crippen molar-refractivity contribution in [3.05, 3.63) is 0 Å². The van der Waals surface area contributed by atoms with Crippen molar-refractivity contribution in [1.82, 2.24) is 0 Å². The second-order valence-corrected chi connectivity index (χ2v) is 5.93. The van der Waals surface area contributed by atoms with Gasteiger partial charge in [0.15, 0.2) is 0 Å². The van der Waals surface area contributed by atoms with Gasteiger partial charge in [0.05, 0.1) is 52.2 Å². The van der Waals surface area contributed by atoms with E-state index in [0.717, 1.165) is 0 Å². The molecule has 0 aromatic heterocycles. The fourth-order valence-corrected chi connectivity index (χ4v) is 2.46. The lowest BCUT2D eigenvalue weighted by Gasteiger charge is -2.08. The van der Waals surface area contributed by atoms with E-state index in [9.17, 15) is 14.4 Å². The summed E-state index contributed by atoms with van der Waals surface area (Å²) < 4.78 is 25.8. The Morgan fingerprint density at radius 1 is 0.846 bits per heavy atom. The first kappa shape index (κ1) is 22.7. The lowest BCUT2D eigenvalue weighted by molar-refractivity contribution is -0.145. The first-order valence-corrected chi connectivity index (χ1v) is 9.08. The normalized spacial score (nSPS) is 15.0. The van der Waals surface area contributed by atoms with E-state index in [-0.39, 0.29) is 30.6 Å². The van der Waals surface area contributed by atoms with Gasteiger partial charge in [0, 0.05) is 33.0 Å². The Bertz CT molecular complexity index is 407. The zero-order valence-electron chi connectivity index (χ0n) is 15.5. The summed E-state index contributed by atoms with van der Waals surface area (Å²) in [4.78, 5) is 34.5. The van der Waals surface area contributed by atoms with E-state index in [1.165, 1.54) is 0 Å². The highest BCUT2D eigenvalue weighted by atomic mass is 16.6. The molecule has 0 spiro atoms. The van der Waals surface area contributed by atoms with Gasteiger partial charge in [-0.1, -0.05) is 0 Å². The molecular weight excluding hydrogens is 344 g/mol. The Morgan fingerprint density at radius 2 is 1.38 bits per heavy atom. The molecule has 8 heteroatoms. The molecular formula is C18H30O8. The molecule has 0 bridgehead atoms. The molecule has 0 radical (unpaired) electrons. The van der Waals surface area contributed by atoms with Crippen LogP contribution in [-0.2, 0) is 38.1 Å². The number of hydrogen-bond donors (Lipinski definition) is 0. The maximum atomic E-state index is 11.6. The number of hydrogen-bond acceptors (Lipinski definition) is 8. The van der Waals surface area contributed by atoms with Crippen LogP contribution in [0.3, 0.4) is 0 Å². The number of ether oxygens (including phenoxy) is 5. The van der Waals surface area contributed by atoms with Gasteiger partial charge < -0.3 is 23.7 Å². The summed E-state index contributed by atoms with van der Waals surface area (Å²) >= 11 is 0. The van der Waals surface area contributed by atoms with Crippen LogP contribution in [0.25, 0.3) is 0 Å². The Kier molecular flexibility index (Phi) is 12.9. The highest BCUT2D eigenvalue weighted by Gasteiger charge is 2.32. The van der Waals surface area contributed by atoms with Crippen LogP contribution in [0.1, 0.15) is 32.1 Å². The largest absolute Gasteiger partial charge is 0.466 e. The highest BCUT2D eigenvalue weighted by Crippen LogP contribution is 2.20. The molecule has 0 aromatic carbocycles. The maximum Gasteiger partial charge on any atom is 0.305 e. The Labute approximate surface area is 154 Å². The third-order valence-electron chi connectivity index (χ3n) is 3.91. The van der Waals surface area contributed by atoms with Crippen LogP contribution in [0, 0.1) is 5.92 Å². The molecule has 0 heterocycles. The van der Waals surface area contributed by atoms with Crippen LogP contribution in [0.5, 0.6) is 0 Å². The minimum absolute atomic E-state index is 0.0387. The summed E-state index contributed by atoms with van der Waals surface area (Å²) in [7, 11) is 1.62. The predicted molar refractivity (Wildman–Crippen MR) is 91.9 cm³/mol. The second-order valence-electron chi connectivity index (χ2n) is 5.93. The molecule has 1 rings (SSSR count). The number of rotatable bonds is 16. The summed E-state index contributed by atoms with van der Waals surface area (Å²) in [6.45, 7) is 3.64. The van der Waals surface area contributed by atoms with Crippen LogP contribution in [0.2, 0.25) is 0 Å². The van der Waals surface area contributed by atoms with Crippen LogP contribution >= 0.6 is 0 Å². The SMILES string of the molecule is COCCOCCOCCOCCCC(=O)OCCC1C(=O)CCC1=O. The average Bonchev–Trinajstić information content (AvgIpc) is 2.94. The molecule has 150 valence electrons. The van der Waals surface area contributed by atoms with Crippen molar-refractivity contribution in [1.29, 1.82) is 0 Å². The molecule has 1 fully saturated rings. The minimum Gasteiger partial charge on any atom is -0.466 e. The van der Waals surface area contributed by atoms with Crippen molar-refractivity contribution in [2.75, 3.05) is 60.0 Å². The van der Waals surface area contributed by atoms with Gasteiger partial charge in [0.2, 0.25) is 0 Å². The second kappa shape index (κ2) is 14.8. The molecule has 0 amide bonds. The third kappa shape index (κ3) is 10.6. The Hall–Kier alpha value is -1.35.